The summed E-state index contributed by atoms with van der Waals surface area (Å²) in [6.45, 7) is 3.10. The Morgan fingerprint density at radius 2 is 2.11 bits per heavy atom. The van der Waals surface area contributed by atoms with Crippen LogP contribution in [0, 0.1) is 0 Å². The van der Waals surface area contributed by atoms with Gasteiger partial charge in [0, 0.05) is 24.5 Å². The number of benzene rings is 1. The SMILES string of the molecule is CC[C@H](N)c1ccc(N2CCc3ccccc32)nc1. The van der Waals surface area contributed by atoms with Crippen molar-refractivity contribution in [1.82, 2.24) is 4.98 Å². The van der Waals surface area contributed by atoms with Gasteiger partial charge in [0.1, 0.15) is 5.82 Å². The maximum Gasteiger partial charge on any atom is 0.132 e. The Kier molecular flexibility index (Phi) is 3.22. The van der Waals surface area contributed by atoms with E-state index in [4.69, 9.17) is 5.73 Å². The van der Waals surface area contributed by atoms with Crippen molar-refractivity contribution in [2.24, 2.45) is 5.73 Å². The van der Waals surface area contributed by atoms with Gasteiger partial charge < -0.3 is 10.6 Å². The molecule has 0 saturated carbocycles. The van der Waals surface area contributed by atoms with Gasteiger partial charge in [-0.15, -0.1) is 0 Å². The van der Waals surface area contributed by atoms with Crippen LogP contribution in [0.5, 0.6) is 0 Å². The number of hydrogen-bond donors (Lipinski definition) is 1. The van der Waals surface area contributed by atoms with Crippen LogP contribution in [0.3, 0.4) is 0 Å². The molecule has 0 fully saturated rings. The van der Waals surface area contributed by atoms with E-state index >= 15 is 0 Å². The number of anilines is 2. The molecule has 1 aliphatic rings. The topological polar surface area (TPSA) is 42.1 Å². The zero-order valence-corrected chi connectivity index (χ0v) is 11.2. The highest BCUT2D eigenvalue weighted by Crippen LogP contribution is 2.33. The van der Waals surface area contributed by atoms with E-state index in [2.05, 4.69) is 53.2 Å². The van der Waals surface area contributed by atoms with Crippen LogP contribution in [-0.4, -0.2) is 11.5 Å². The summed E-state index contributed by atoms with van der Waals surface area (Å²) in [5, 5.41) is 0. The normalized spacial score (nSPS) is 15.4. The third-order valence-corrected chi connectivity index (χ3v) is 3.80. The Labute approximate surface area is 114 Å². The van der Waals surface area contributed by atoms with E-state index in [1.165, 1.54) is 11.3 Å². The zero-order valence-electron chi connectivity index (χ0n) is 11.2. The Balaban J connectivity index is 1.88. The second-order valence-electron chi connectivity index (χ2n) is 4.99. The van der Waals surface area contributed by atoms with E-state index < -0.39 is 0 Å². The van der Waals surface area contributed by atoms with Crippen molar-refractivity contribution in [1.29, 1.82) is 0 Å². The minimum absolute atomic E-state index is 0.0902. The van der Waals surface area contributed by atoms with Crippen molar-refractivity contribution in [2.75, 3.05) is 11.4 Å². The molecule has 3 nitrogen and oxygen atoms in total. The molecule has 2 N–H and O–H groups in total. The number of pyridine rings is 1. The van der Waals surface area contributed by atoms with Crippen molar-refractivity contribution >= 4 is 11.5 Å². The number of aromatic nitrogens is 1. The minimum atomic E-state index is 0.0902. The summed E-state index contributed by atoms with van der Waals surface area (Å²) in [6, 6.07) is 12.8. The molecule has 1 aromatic heterocycles. The molecular weight excluding hydrogens is 234 g/mol. The Bertz CT molecular complexity index is 562. The van der Waals surface area contributed by atoms with Gasteiger partial charge >= 0.3 is 0 Å². The van der Waals surface area contributed by atoms with Crippen LogP contribution in [0.4, 0.5) is 11.5 Å². The average Bonchev–Trinajstić information content (AvgIpc) is 2.90. The highest BCUT2D eigenvalue weighted by atomic mass is 15.2. The first-order chi connectivity index (χ1) is 9.29. The molecule has 3 heteroatoms. The van der Waals surface area contributed by atoms with Crippen LogP contribution in [-0.2, 0) is 6.42 Å². The fourth-order valence-electron chi connectivity index (χ4n) is 2.59. The predicted molar refractivity (Wildman–Crippen MR) is 78.6 cm³/mol. The van der Waals surface area contributed by atoms with Crippen LogP contribution in [0.15, 0.2) is 42.6 Å². The summed E-state index contributed by atoms with van der Waals surface area (Å²) in [5.41, 5.74) is 9.81. The lowest BCUT2D eigenvalue weighted by Gasteiger charge is -2.19. The highest BCUT2D eigenvalue weighted by molar-refractivity contribution is 5.67. The molecule has 0 radical (unpaired) electrons. The van der Waals surface area contributed by atoms with E-state index in [0.717, 1.165) is 30.8 Å². The summed E-state index contributed by atoms with van der Waals surface area (Å²) in [6.07, 6.45) is 3.94. The molecule has 19 heavy (non-hydrogen) atoms. The molecule has 0 bridgehead atoms. The summed E-state index contributed by atoms with van der Waals surface area (Å²) in [4.78, 5) is 6.85. The van der Waals surface area contributed by atoms with Gasteiger partial charge in [0.15, 0.2) is 0 Å². The standard InChI is InChI=1S/C16H19N3/c1-2-14(17)13-7-8-16(18-11-13)19-10-9-12-5-3-4-6-15(12)19/h3-8,11,14H,2,9-10,17H2,1H3/t14-/m0/s1. The first kappa shape index (κ1) is 12.2. The number of nitrogens with zero attached hydrogens (tertiary/aromatic N) is 2. The van der Waals surface area contributed by atoms with Crippen molar-refractivity contribution in [3.63, 3.8) is 0 Å². The second kappa shape index (κ2) is 5.02. The molecule has 0 amide bonds. The van der Waals surface area contributed by atoms with E-state index in [-0.39, 0.29) is 6.04 Å². The van der Waals surface area contributed by atoms with Crippen LogP contribution in [0.2, 0.25) is 0 Å². The number of rotatable bonds is 3. The highest BCUT2D eigenvalue weighted by Gasteiger charge is 2.20. The van der Waals surface area contributed by atoms with Gasteiger partial charge in [-0.3, -0.25) is 0 Å². The van der Waals surface area contributed by atoms with E-state index in [1.54, 1.807) is 0 Å². The number of nitrogens with two attached hydrogens (primary N) is 1. The average molecular weight is 253 g/mol. The maximum atomic E-state index is 6.02. The monoisotopic (exact) mass is 253 g/mol. The van der Waals surface area contributed by atoms with Gasteiger partial charge in [0.25, 0.3) is 0 Å². The van der Waals surface area contributed by atoms with Crippen molar-refractivity contribution < 1.29 is 0 Å². The van der Waals surface area contributed by atoms with E-state index in [9.17, 15) is 0 Å². The van der Waals surface area contributed by atoms with Crippen LogP contribution in [0.25, 0.3) is 0 Å². The molecular formula is C16H19N3. The van der Waals surface area contributed by atoms with Crippen molar-refractivity contribution in [2.45, 2.75) is 25.8 Å². The minimum Gasteiger partial charge on any atom is -0.326 e. The lowest BCUT2D eigenvalue weighted by atomic mass is 10.1. The molecule has 3 rings (SSSR count). The van der Waals surface area contributed by atoms with Gasteiger partial charge in [-0.05, 0) is 36.1 Å². The molecule has 2 aromatic rings. The van der Waals surface area contributed by atoms with Gasteiger partial charge in [-0.1, -0.05) is 31.2 Å². The molecule has 0 unspecified atom stereocenters. The van der Waals surface area contributed by atoms with Crippen LogP contribution >= 0.6 is 0 Å². The largest absolute Gasteiger partial charge is 0.326 e. The summed E-state index contributed by atoms with van der Waals surface area (Å²) in [7, 11) is 0. The number of fused-ring (bicyclic) bond motifs is 1. The zero-order chi connectivity index (χ0) is 13.2. The van der Waals surface area contributed by atoms with Crippen molar-refractivity contribution in [3.05, 3.63) is 53.7 Å². The first-order valence-corrected chi connectivity index (χ1v) is 6.86. The lowest BCUT2D eigenvalue weighted by Crippen LogP contribution is -2.15. The predicted octanol–water partition coefficient (Wildman–Crippen LogP) is 3.19. The van der Waals surface area contributed by atoms with Crippen LogP contribution < -0.4 is 10.6 Å². The maximum absolute atomic E-state index is 6.02. The Hall–Kier alpha value is -1.87. The number of hydrogen-bond acceptors (Lipinski definition) is 3. The third kappa shape index (κ3) is 2.22. The first-order valence-electron chi connectivity index (χ1n) is 6.86. The summed E-state index contributed by atoms with van der Waals surface area (Å²) >= 11 is 0. The fourth-order valence-corrected chi connectivity index (χ4v) is 2.59. The molecule has 0 spiro atoms. The molecule has 0 saturated heterocycles. The molecule has 2 heterocycles. The van der Waals surface area contributed by atoms with Crippen LogP contribution in [0.1, 0.15) is 30.5 Å². The smallest absolute Gasteiger partial charge is 0.132 e. The Morgan fingerprint density at radius 1 is 1.26 bits per heavy atom. The lowest BCUT2D eigenvalue weighted by molar-refractivity contribution is 0.695. The molecule has 98 valence electrons. The quantitative estimate of drug-likeness (QED) is 0.913. The van der Waals surface area contributed by atoms with E-state index in [1.807, 2.05) is 6.20 Å². The summed E-state index contributed by atoms with van der Waals surface area (Å²) in [5.74, 6) is 1.01. The third-order valence-electron chi connectivity index (χ3n) is 3.80. The van der Waals surface area contributed by atoms with Gasteiger partial charge in [-0.2, -0.15) is 0 Å². The fraction of sp³-hybridized carbons (Fsp3) is 0.312. The van der Waals surface area contributed by atoms with Gasteiger partial charge in [0.05, 0.1) is 0 Å². The van der Waals surface area contributed by atoms with Gasteiger partial charge in [0.2, 0.25) is 0 Å². The van der Waals surface area contributed by atoms with Crippen molar-refractivity contribution in [3.8, 4) is 0 Å². The summed E-state index contributed by atoms with van der Waals surface area (Å²) < 4.78 is 0. The second-order valence-corrected chi connectivity index (χ2v) is 4.99. The molecule has 1 aliphatic heterocycles. The van der Waals surface area contributed by atoms with Gasteiger partial charge in [-0.25, -0.2) is 4.98 Å². The Morgan fingerprint density at radius 3 is 2.84 bits per heavy atom. The number of para-hydroxylation sites is 1. The molecule has 0 aliphatic carbocycles. The molecule has 1 atom stereocenters. The van der Waals surface area contributed by atoms with E-state index in [0.29, 0.717) is 0 Å². The molecule has 1 aromatic carbocycles.